The van der Waals surface area contributed by atoms with Crippen molar-refractivity contribution in [3.8, 4) is 0 Å². The van der Waals surface area contributed by atoms with Gasteiger partial charge in [-0.1, -0.05) is 32.1 Å². The van der Waals surface area contributed by atoms with Gasteiger partial charge >= 0.3 is 0 Å². The quantitative estimate of drug-likeness (QED) is 0.814. The third-order valence-electron chi connectivity index (χ3n) is 4.61. The molecule has 2 heteroatoms. The zero-order valence-corrected chi connectivity index (χ0v) is 11.2. The van der Waals surface area contributed by atoms with E-state index in [0.29, 0.717) is 12.7 Å². The largest absolute Gasteiger partial charge is 0.391 e. The molecule has 100 valence electrons. The molecule has 0 aromatic carbocycles. The lowest BCUT2D eigenvalue weighted by molar-refractivity contribution is -0.0293. The minimum Gasteiger partial charge on any atom is -0.391 e. The Hall–Kier alpha value is -0.0800. The Morgan fingerprint density at radius 3 is 2.12 bits per heavy atom. The molecule has 0 aliphatic heterocycles. The Balaban J connectivity index is 1.66. The van der Waals surface area contributed by atoms with Gasteiger partial charge in [0.2, 0.25) is 0 Å². The maximum absolute atomic E-state index is 9.21. The number of rotatable bonds is 4. The Bertz CT molecular complexity index is 201. The first-order valence-corrected chi connectivity index (χ1v) is 7.55. The van der Waals surface area contributed by atoms with Crippen LogP contribution >= 0.6 is 0 Å². The standard InChI is InChI=1S/C15H28O2/c1-12(16)11-17-15-9-7-14(8-10-15)13-5-3-2-4-6-13/h12-16H,2-11H2,1H3. The summed E-state index contributed by atoms with van der Waals surface area (Å²) in [5.74, 6) is 1.99. The fourth-order valence-corrected chi connectivity index (χ4v) is 3.61. The first-order chi connectivity index (χ1) is 8.25. The van der Waals surface area contributed by atoms with Crippen LogP contribution in [0.15, 0.2) is 0 Å². The van der Waals surface area contributed by atoms with E-state index >= 15 is 0 Å². The van der Waals surface area contributed by atoms with E-state index in [9.17, 15) is 5.11 Å². The number of hydrogen-bond donors (Lipinski definition) is 1. The van der Waals surface area contributed by atoms with Crippen LogP contribution < -0.4 is 0 Å². The number of ether oxygens (including phenoxy) is 1. The molecule has 2 aliphatic carbocycles. The molecule has 2 aliphatic rings. The first kappa shape index (κ1) is 13.4. The summed E-state index contributed by atoms with van der Waals surface area (Å²) in [6.45, 7) is 2.31. The Morgan fingerprint density at radius 2 is 1.53 bits per heavy atom. The van der Waals surface area contributed by atoms with Gasteiger partial charge in [0.05, 0.1) is 18.8 Å². The van der Waals surface area contributed by atoms with E-state index in [0.717, 1.165) is 11.8 Å². The van der Waals surface area contributed by atoms with Gasteiger partial charge in [-0.05, 0) is 44.4 Å². The zero-order chi connectivity index (χ0) is 12.1. The van der Waals surface area contributed by atoms with Gasteiger partial charge in [0, 0.05) is 0 Å². The highest BCUT2D eigenvalue weighted by Gasteiger charge is 2.28. The highest BCUT2D eigenvalue weighted by Crippen LogP contribution is 2.38. The van der Waals surface area contributed by atoms with Crippen molar-refractivity contribution < 1.29 is 9.84 Å². The smallest absolute Gasteiger partial charge is 0.0745 e. The Kier molecular flexibility index (Phi) is 5.30. The van der Waals surface area contributed by atoms with Crippen LogP contribution in [0.3, 0.4) is 0 Å². The van der Waals surface area contributed by atoms with Gasteiger partial charge in [0.15, 0.2) is 0 Å². The van der Waals surface area contributed by atoms with Crippen LogP contribution in [-0.2, 0) is 4.74 Å². The lowest BCUT2D eigenvalue weighted by atomic mass is 9.73. The summed E-state index contributed by atoms with van der Waals surface area (Å²) in [6.07, 6.45) is 12.6. The molecule has 0 aromatic heterocycles. The van der Waals surface area contributed by atoms with E-state index in [1.54, 1.807) is 6.92 Å². The minimum atomic E-state index is -0.314. The molecule has 1 unspecified atom stereocenters. The number of aliphatic hydroxyl groups excluding tert-OH is 1. The highest BCUT2D eigenvalue weighted by molar-refractivity contribution is 4.80. The molecule has 0 saturated heterocycles. The number of hydrogen-bond acceptors (Lipinski definition) is 2. The molecule has 1 N–H and O–H groups in total. The van der Waals surface area contributed by atoms with Crippen molar-refractivity contribution in [1.29, 1.82) is 0 Å². The lowest BCUT2D eigenvalue weighted by Gasteiger charge is -2.35. The third kappa shape index (κ3) is 4.26. The number of aliphatic hydroxyl groups is 1. The van der Waals surface area contributed by atoms with Crippen molar-refractivity contribution in [1.82, 2.24) is 0 Å². The van der Waals surface area contributed by atoms with Crippen LogP contribution in [0.5, 0.6) is 0 Å². The lowest BCUT2D eigenvalue weighted by Crippen LogP contribution is -2.28. The highest BCUT2D eigenvalue weighted by atomic mass is 16.5. The van der Waals surface area contributed by atoms with Gasteiger partial charge in [-0.3, -0.25) is 0 Å². The second kappa shape index (κ2) is 6.75. The predicted octanol–water partition coefficient (Wildman–Crippen LogP) is 3.52. The molecule has 0 amide bonds. The van der Waals surface area contributed by atoms with Crippen LogP contribution in [0.2, 0.25) is 0 Å². The summed E-state index contributed by atoms with van der Waals surface area (Å²) >= 11 is 0. The fourth-order valence-electron chi connectivity index (χ4n) is 3.61. The molecule has 2 nitrogen and oxygen atoms in total. The molecule has 2 saturated carbocycles. The van der Waals surface area contributed by atoms with E-state index in [1.165, 1.54) is 57.8 Å². The Morgan fingerprint density at radius 1 is 0.941 bits per heavy atom. The van der Waals surface area contributed by atoms with Crippen molar-refractivity contribution in [3.63, 3.8) is 0 Å². The van der Waals surface area contributed by atoms with Crippen molar-refractivity contribution >= 4 is 0 Å². The van der Waals surface area contributed by atoms with Gasteiger partial charge in [-0.25, -0.2) is 0 Å². The van der Waals surface area contributed by atoms with Gasteiger partial charge in [0.25, 0.3) is 0 Å². The molecule has 0 radical (unpaired) electrons. The van der Waals surface area contributed by atoms with Crippen LogP contribution in [0.4, 0.5) is 0 Å². The van der Waals surface area contributed by atoms with Crippen molar-refractivity contribution in [2.45, 2.75) is 76.9 Å². The van der Waals surface area contributed by atoms with Gasteiger partial charge < -0.3 is 9.84 Å². The fraction of sp³-hybridized carbons (Fsp3) is 1.00. The second-order valence-corrected chi connectivity index (χ2v) is 6.12. The van der Waals surface area contributed by atoms with Gasteiger partial charge in [-0.15, -0.1) is 0 Å². The molecule has 0 spiro atoms. The predicted molar refractivity (Wildman–Crippen MR) is 70.0 cm³/mol. The van der Waals surface area contributed by atoms with E-state index in [4.69, 9.17) is 4.74 Å². The average molecular weight is 240 g/mol. The van der Waals surface area contributed by atoms with Crippen LogP contribution in [0, 0.1) is 11.8 Å². The third-order valence-corrected chi connectivity index (χ3v) is 4.61. The van der Waals surface area contributed by atoms with E-state index in [-0.39, 0.29) is 6.10 Å². The van der Waals surface area contributed by atoms with Crippen molar-refractivity contribution in [3.05, 3.63) is 0 Å². The van der Waals surface area contributed by atoms with Crippen LogP contribution in [0.25, 0.3) is 0 Å². The Labute approximate surface area is 106 Å². The van der Waals surface area contributed by atoms with Crippen LogP contribution in [-0.4, -0.2) is 23.9 Å². The first-order valence-electron chi connectivity index (χ1n) is 7.55. The summed E-state index contributed by atoms with van der Waals surface area (Å²) in [7, 11) is 0. The molecular weight excluding hydrogens is 212 g/mol. The minimum absolute atomic E-state index is 0.314. The molecule has 0 heterocycles. The molecule has 17 heavy (non-hydrogen) atoms. The normalized spacial score (nSPS) is 33.5. The van der Waals surface area contributed by atoms with Crippen LogP contribution in [0.1, 0.15) is 64.7 Å². The van der Waals surface area contributed by atoms with Crippen molar-refractivity contribution in [2.24, 2.45) is 11.8 Å². The van der Waals surface area contributed by atoms with E-state index in [2.05, 4.69) is 0 Å². The summed E-state index contributed by atoms with van der Waals surface area (Å²) < 4.78 is 5.73. The molecule has 2 fully saturated rings. The maximum Gasteiger partial charge on any atom is 0.0745 e. The summed E-state index contributed by atoms with van der Waals surface area (Å²) in [5.41, 5.74) is 0. The van der Waals surface area contributed by atoms with Crippen molar-refractivity contribution in [2.75, 3.05) is 6.61 Å². The molecule has 0 bridgehead atoms. The molecule has 1 atom stereocenters. The topological polar surface area (TPSA) is 29.5 Å². The molecular formula is C15H28O2. The monoisotopic (exact) mass is 240 g/mol. The van der Waals surface area contributed by atoms with Gasteiger partial charge in [0.1, 0.15) is 0 Å². The molecule has 2 rings (SSSR count). The maximum atomic E-state index is 9.21. The van der Waals surface area contributed by atoms with E-state index in [1.807, 2.05) is 0 Å². The second-order valence-electron chi connectivity index (χ2n) is 6.12. The summed E-state index contributed by atoms with van der Waals surface area (Å²) in [6, 6.07) is 0. The molecule has 0 aromatic rings. The summed E-state index contributed by atoms with van der Waals surface area (Å²) in [5, 5.41) is 9.21. The average Bonchev–Trinajstić information content (AvgIpc) is 2.38. The van der Waals surface area contributed by atoms with Gasteiger partial charge in [-0.2, -0.15) is 0 Å². The summed E-state index contributed by atoms with van der Waals surface area (Å²) in [4.78, 5) is 0. The SMILES string of the molecule is CC(O)COC1CCC(C2CCCCC2)CC1. The zero-order valence-electron chi connectivity index (χ0n) is 11.2. The van der Waals surface area contributed by atoms with E-state index < -0.39 is 0 Å².